The second-order valence-corrected chi connectivity index (χ2v) is 25.8. The summed E-state index contributed by atoms with van der Waals surface area (Å²) in [6.07, 6.45) is -1.84. The molecule has 0 unspecified atom stereocenters. The van der Waals surface area contributed by atoms with Crippen molar-refractivity contribution in [2.45, 2.75) is 79.4 Å². The van der Waals surface area contributed by atoms with Gasteiger partial charge in [-0.15, -0.1) is 6.07 Å². The number of para-hydroxylation sites is 4. The van der Waals surface area contributed by atoms with Gasteiger partial charge in [0.05, 0.1) is 0 Å². The Morgan fingerprint density at radius 2 is 1.21 bits per heavy atom. The number of aromatic nitrogens is 3. The van der Waals surface area contributed by atoms with Gasteiger partial charge in [0.25, 0.3) is 0 Å². The van der Waals surface area contributed by atoms with Crippen LogP contribution < -0.4 is 19.8 Å². The van der Waals surface area contributed by atoms with Crippen molar-refractivity contribution in [3.05, 3.63) is 269 Å². The number of fused-ring (bicyclic) bond motifs is 9. The van der Waals surface area contributed by atoms with E-state index in [2.05, 4.69) is 145 Å². The third-order valence-electron chi connectivity index (χ3n) is 16.5. The molecular formula is C79H68BN5OPt-2. The Bertz CT molecular complexity index is 5120. The quantitative estimate of drug-likeness (QED) is 0.0956. The molecule has 14 rings (SSSR count). The molecule has 0 amide bonds. The Morgan fingerprint density at radius 1 is 0.598 bits per heavy atom. The average Bonchev–Trinajstić information content (AvgIpc) is 1.53. The zero-order valence-corrected chi connectivity index (χ0v) is 52.0. The topological polar surface area (TPSA) is 38.5 Å². The molecule has 0 spiro atoms. The molecule has 2 aromatic heterocycles. The van der Waals surface area contributed by atoms with Gasteiger partial charge >= 0.3 is 456 Å². The van der Waals surface area contributed by atoms with Crippen LogP contribution in [-0.4, -0.2) is 21.1 Å². The molecule has 4 heterocycles. The van der Waals surface area contributed by atoms with Gasteiger partial charge in [-0.2, -0.15) is 12.1 Å². The van der Waals surface area contributed by atoms with Crippen LogP contribution >= 0.6 is 0 Å². The Morgan fingerprint density at radius 3 is 1.90 bits per heavy atom. The molecule has 0 saturated heterocycles. The van der Waals surface area contributed by atoms with E-state index in [4.69, 9.17) is 9.72 Å². The van der Waals surface area contributed by atoms with Gasteiger partial charge in [0.15, 0.2) is 0 Å². The van der Waals surface area contributed by atoms with E-state index in [9.17, 15) is 12.3 Å². The normalized spacial score (nSPS) is 14.6. The van der Waals surface area contributed by atoms with Crippen LogP contribution in [0.25, 0.3) is 78.0 Å². The van der Waals surface area contributed by atoms with Crippen molar-refractivity contribution >= 4 is 46.4 Å². The Labute approximate surface area is 536 Å². The fraction of sp³-hybridized carbons (Fsp3) is 0.165. The molecule has 0 fully saturated rings. The maximum absolute atomic E-state index is 10.0. The maximum atomic E-state index is 10.0. The molecule has 87 heavy (non-hydrogen) atoms. The van der Waals surface area contributed by atoms with Crippen molar-refractivity contribution in [3.63, 3.8) is 0 Å². The van der Waals surface area contributed by atoms with Gasteiger partial charge in [-0.25, -0.2) is 0 Å². The number of hydrogen-bond donors (Lipinski definition) is 0. The summed E-state index contributed by atoms with van der Waals surface area (Å²) in [4.78, 5) is 9.70. The van der Waals surface area contributed by atoms with E-state index in [0.29, 0.717) is 48.9 Å². The fourth-order valence-electron chi connectivity index (χ4n) is 12.3. The number of anilines is 4. The van der Waals surface area contributed by atoms with Gasteiger partial charge in [-0.05, 0) is 11.6 Å². The monoisotopic (exact) mass is 1320 g/mol. The molecule has 12 aromatic rings. The molecule has 0 atom stereocenters. The first-order valence-corrected chi connectivity index (χ1v) is 30.6. The van der Waals surface area contributed by atoms with Crippen LogP contribution in [0.1, 0.15) is 90.0 Å². The van der Waals surface area contributed by atoms with E-state index in [-0.39, 0.29) is 56.7 Å². The Hall–Kier alpha value is -9.03. The van der Waals surface area contributed by atoms with Crippen LogP contribution in [0.2, 0.25) is 0 Å². The molecule has 8 heteroatoms. The first-order valence-electron chi connectivity index (χ1n) is 34.0. The molecule has 2 aliphatic heterocycles. The van der Waals surface area contributed by atoms with E-state index >= 15 is 0 Å². The Kier molecular flexibility index (Phi) is 11.7. The average molecular weight is 1320 g/mol. The number of rotatable bonds is 11. The summed E-state index contributed by atoms with van der Waals surface area (Å²) in [7, 11) is 0. The second-order valence-electron chi connectivity index (χ2n) is 24.8. The summed E-state index contributed by atoms with van der Waals surface area (Å²) in [5.41, 5.74) is 14.4. The molecule has 6 nitrogen and oxygen atoms in total. The van der Waals surface area contributed by atoms with Crippen LogP contribution in [-0.2, 0) is 36.6 Å². The predicted molar refractivity (Wildman–Crippen MR) is 358 cm³/mol. The predicted octanol–water partition coefficient (Wildman–Crippen LogP) is 19.7. The summed E-state index contributed by atoms with van der Waals surface area (Å²) in [6, 6.07) is 72.8. The standard InChI is InChI=1S/C79H68BN5O.Pt/c1-52(2)43-54-45-66(57-41-39-56(40-42-57)55-25-12-10-13-26-55)76(67(46-54)59-47-60(78(4,5)6)49-61(48-59)79(7,8)9)83-51-82(70-35-20-21-36-71(70)83)62-29-24-30-63(50-62)86-77-75(58-27-14-11-15-28-58)53(3)44-74(81-77)85-73-38-23-22-37-72(73)84-69-34-19-17-32-65(69)64-31-16-18-33-68(64)80(84)85;/h10-37,39-42,44-49,52H,43H2,1-9H3;/q-2;/i3D3,20D,21D,35D,36D,43D2;. The number of hydrogen-bond acceptors (Lipinski definition) is 4. The molecule has 0 aliphatic carbocycles. The minimum atomic E-state index is -2.69. The van der Waals surface area contributed by atoms with E-state index in [1.165, 1.54) is 0 Å². The van der Waals surface area contributed by atoms with Gasteiger partial charge in [0, 0.05) is 11.3 Å². The van der Waals surface area contributed by atoms with E-state index < -0.39 is 38.2 Å². The number of aryl methyl sites for hydroxylation is 1. The van der Waals surface area contributed by atoms with Crippen molar-refractivity contribution in [1.82, 2.24) is 14.1 Å². The molecule has 0 N–H and O–H groups in total. The number of pyridine rings is 1. The number of nitrogens with zero attached hydrogens (tertiary/aromatic N) is 5. The molecular weight excluding hydrogens is 1240 g/mol. The fourth-order valence-corrected chi connectivity index (χ4v) is 13.3. The second kappa shape index (κ2) is 22.0. The number of benzene rings is 10. The van der Waals surface area contributed by atoms with Gasteiger partial charge in [0.1, 0.15) is 0 Å². The number of ether oxygens (including phenoxy) is 1. The molecule has 430 valence electrons. The van der Waals surface area contributed by atoms with Crippen LogP contribution in [0.3, 0.4) is 0 Å². The molecule has 10 aromatic carbocycles. The van der Waals surface area contributed by atoms with Crippen molar-refractivity contribution in [2.75, 3.05) is 9.62 Å². The summed E-state index contributed by atoms with van der Waals surface area (Å²) in [5, 5.41) is 0. The molecule has 0 radical (unpaired) electrons. The first kappa shape index (κ1) is 46.2. The first-order chi connectivity index (χ1) is 45.7. The van der Waals surface area contributed by atoms with Gasteiger partial charge in [-0.3, -0.25) is 0 Å². The van der Waals surface area contributed by atoms with Crippen LogP contribution in [0, 0.1) is 28.7 Å². The zero-order chi connectivity index (χ0) is 67.7. The van der Waals surface area contributed by atoms with Gasteiger partial charge < -0.3 is 0 Å². The van der Waals surface area contributed by atoms with E-state index in [1.807, 2.05) is 138 Å². The molecule has 0 saturated carbocycles. The summed E-state index contributed by atoms with van der Waals surface area (Å²) in [6.45, 7) is 13.6. The third kappa shape index (κ3) is 10.1. The van der Waals surface area contributed by atoms with Crippen molar-refractivity contribution in [1.29, 1.82) is 0 Å². The van der Waals surface area contributed by atoms with Crippen LogP contribution in [0.4, 0.5) is 22.9 Å². The summed E-state index contributed by atoms with van der Waals surface area (Å²) >= 11 is 2.21. The molecule has 0 bridgehead atoms. The van der Waals surface area contributed by atoms with Crippen molar-refractivity contribution in [3.8, 4) is 78.6 Å². The van der Waals surface area contributed by atoms with Crippen molar-refractivity contribution in [2.24, 2.45) is 5.92 Å². The summed E-state index contributed by atoms with van der Waals surface area (Å²) in [5.74, 6) is -0.0185. The SMILES string of the molecule is [2H]c1c([2H])c([2H])c2c(c1[2H])n(-c1[c-]c(Oc3nc(N4B5c6ccccc6-c6ccccc6N5c5ccc[c-]c54)cc(C([2H])([2H])[2H])c3-c3ccccc3)ccc1)[c](=[Pt])n2-c1c(-c2ccc(-c3ccccc3)cc2)cc(C([2H])([2H])C(C)C)cc1-c1cc(C(C)(C)C)cc(C(C)(C)C)c1. The van der Waals surface area contributed by atoms with Crippen molar-refractivity contribution < 1.29 is 36.4 Å². The molecule has 2 aliphatic rings. The van der Waals surface area contributed by atoms with Gasteiger partial charge in [0.2, 0.25) is 0 Å². The van der Waals surface area contributed by atoms with E-state index in [0.717, 1.165) is 61.3 Å². The van der Waals surface area contributed by atoms with Gasteiger partial charge in [-0.1, -0.05) is 42.5 Å². The van der Waals surface area contributed by atoms with Crippen LogP contribution in [0.15, 0.2) is 230 Å². The van der Waals surface area contributed by atoms with E-state index in [1.54, 1.807) is 28.8 Å². The van der Waals surface area contributed by atoms with Crippen LogP contribution in [0.5, 0.6) is 11.6 Å². The third-order valence-corrected chi connectivity index (χ3v) is 17.5. The zero-order valence-electron chi connectivity index (χ0n) is 58.7. The summed E-state index contributed by atoms with van der Waals surface area (Å²) < 4.78 is 97.4. The Balaban J connectivity index is 1.02. The number of imidazole rings is 1. The minimum absolute atomic E-state index is 0.00447.